The maximum Gasteiger partial charge on any atom is 0.251 e. The standard InChI is InChI=1S/C13H11ClFNOS/c14-12-6-5-11(18-12)7-8-16-13(17)9-1-3-10(15)4-2-9/h1-6H,7-8H2,(H,16,17). The average molecular weight is 284 g/mol. The molecule has 1 aromatic carbocycles. The predicted molar refractivity (Wildman–Crippen MR) is 71.8 cm³/mol. The third kappa shape index (κ3) is 3.55. The predicted octanol–water partition coefficient (Wildman–Crippen LogP) is 3.51. The summed E-state index contributed by atoms with van der Waals surface area (Å²) < 4.78 is 13.4. The van der Waals surface area contributed by atoms with Gasteiger partial charge in [0.25, 0.3) is 5.91 Å². The van der Waals surface area contributed by atoms with Crippen molar-refractivity contribution in [1.82, 2.24) is 5.32 Å². The van der Waals surface area contributed by atoms with Gasteiger partial charge in [-0.2, -0.15) is 0 Å². The van der Waals surface area contributed by atoms with E-state index in [1.54, 1.807) is 0 Å². The van der Waals surface area contributed by atoms with Gasteiger partial charge in [0.1, 0.15) is 5.82 Å². The van der Waals surface area contributed by atoms with Crippen molar-refractivity contribution in [3.05, 3.63) is 57.0 Å². The summed E-state index contributed by atoms with van der Waals surface area (Å²) in [6.07, 6.45) is 0.740. The molecular formula is C13H11ClFNOS. The van der Waals surface area contributed by atoms with Crippen molar-refractivity contribution in [2.24, 2.45) is 0 Å². The van der Waals surface area contributed by atoms with E-state index in [2.05, 4.69) is 5.32 Å². The molecule has 2 aromatic rings. The Balaban J connectivity index is 1.83. The van der Waals surface area contributed by atoms with Crippen molar-refractivity contribution < 1.29 is 9.18 Å². The molecule has 0 aliphatic rings. The third-order valence-corrected chi connectivity index (χ3v) is 3.68. The van der Waals surface area contributed by atoms with Crippen molar-refractivity contribution in [2.75, 3.05) is 6.54 Å². The molecule has 0 aliphatic heterocycles. The Hall–Kier alpha value is -1.39. The maximum atomic E-state index is 12.7. The van der Waals surface area contributed by atoms with Gasteiger partial charge in [0, 0.05) is 17.0 Å². The topological polar surface area (TPSA) is 29.1 Å². The van der Waals surface area contributed by atoms with E-state index in [0.29, 0.717) is 12.1 Å². The molecule has 0 saturated carbocycles. The van der Waals surface area contributed by atoms with E-state index in [9.17, 15) is 9.18 Å². The molecule has 2 nitrogen and oxygen atoms in total. The lowest BCUT2D eigenvalue weighted by Crippen LogP contribution is -2.25. The highest BCUT2D eigenvalue weighted by molar-refractivity contribution is 7.16. The van der Waals surface area contributed by atoms with E-state index in [4.69, 9.17) is 11.6 Å². The largest absolute Gasteiger partial charge is 0.352 e. The second-order valence-electron chi connectivity index (χ2n) is 3.72. The SMILES string of the molecule is O=C(NCCc1ccc(Cl)s1)c1ccc(F)cc1. The van der Waals surface area contributed by atoms with Crippen LogP contribution in [0.3, 0.4) is 0 Å². The summed E-state index contributed by atoms with van der Waals surface area (Å²) in [5, 5.41) is 2.78. The van der Waals surface area contributed by atoms with E-state index in [0.717, 1.165) is 15.6 Å². The fourth-order valence-corrected chi connectivity index (χ4v) is 2.58. The lowest BCUT2D eigenvalue weighted by molar-refractivity contribution is 0.0954. The van der Waals surface area contributed by atoms with Crippen LogP contribution < -0.4 is 5.32 Å². The summed E-state index contributed by atoms with van der Waals surface area (Å²) in [5.74, 6) is -0.544. The van der Waals surface area contributed by atoms with Crippen LogP contribution in [0.25, 0.3) is 0 Å². The van der Waals surface area contributed by atoms with Crippen LogP contribution in [0.4, 0.5) is 4.39 Å². The summed E-state index contributed by atoms with van der Waals surface area (Å²) in [6.45, 7) is 0.535. The highest BCUT2D eigenvalue weighted by Gasteiger charge is 2.05. The molecule has 1 N–H and O–H groups in total. The number of hydrogen-bond acceptors (Lipinski definition) is 2. The van der Waals surface area contributed by atoms with Crippen LogP contribution in [-0.2, 0) is 6.42 Å². The van der Waals surface area contributed by atoms with Crippen molar-refractivity contribution in [3.8, 4) is 0 Å². The van der Waals surface area contributed by atoms with Crippen molar-refractivity contribution in [3.63, 3.8) is 0 Å². The minimum Gasteiger partial charge on any atom is -0.352 e. The first-order valence-corrected chi connectivity index (χ1v) is 6.62. The molecule has 2 rings (SSSR count). The first kappa shape index (κ1) is 13.1. The van der Waals surface area contributed by atoms with E-state index >= 15 is 0 Å². The van der Waals surface area contributed by atoms with Crippen LogP contribution in [0.15, 0.2) is 36.4 Å². The van der Waals surface area contributed by atoms with Crippen molar-refractivity contribution >= 4 is 28.8 Å². The molecule has 18 heavy (non-hydrogen) atoms. The molecule has 5 heteroatoms. The van der Waals surface area contributed by atoms with E-state index < -0.39 is 0 Å². The van der Waals surface area contributed by atoms with Crippen LogP contribution in [0, 0.1) is 5.82 Å². The normalized spacial score (nSPS) is 10.3. The maximum absolute atomic E-state index is 12.7. The zero-order valence-electron chi connectivity index (χ0n) is 9.45. The number of carbonyl (C=O) groups excluding carboxylic acids is 1. The fraction of sp³-hybridized carbons (Fsp3) is 0.154. The number of thiophene rings is 1. The molecule has 0 aliphatic carbocycles. The van der Waals surface area contributed by atoms with Gasteiger partial charge in [0.05, 0.1) is 4.34 Å². The number of halogens is 2. The summed E-state index contributed by atoms with van der Waals surface area (Å²) in [5.41, 5.74) is 0.459. The molecule has 0 bridgehead atoms. The van der Waals surface area contributed by atoms with Crippen molar-refractivity contribution in [1.29, 1.82) is 0 Å². The Labute approximate surface area is 113 Å². The van der Waals surface area contributed by atoms with Gasteiger partial charge in [0.2, 0.25) is 0 Å². The van der Waals surface area contributed by atoms with E-state index in [-0.39, 0.29) is 11.7 Å². The van der Waals surface area contributed by atoms with Gasteiger partial charge < -0.3 is 5.32 Å². The average Bonchev–Trinajstić information content (AvgIpc) is 2.76. The molecule has 1 amide bonds. The first-order chi connectivity index (χ1) is 8.65. The molecule has 0 radical (unpaired) electrons. The minimum absolute atomic E-state index is 0.197. The number of carbonyl (C=O) groups is 1. The molecule has 0 fully saturated rings. The Morgan fingerprint density at radius 3 is 2.56 bits per heavy atom. The number of rotatable bonds is 4. The second kappa shape index (κ2) is 5.98. The second-order valence-corrected chi connectivity index (χ2v) is 5.52. The number of amides is 1. The van der Waals surface area contributed by atoms with Crippen LogP contribution >= 0.6 is 22.9 Å². The molecule has 94 valence electrons. The van der Waals surface area contributed by atoms with Gasteiger partial charge in [-0.15, -0.1) is 11.3 Å². The third-order valence-electron chi connectivity index (χ3n) is 2.39. The van der Waals surface area contributed by atoms with Gasteiger partial charge in [-0.3, -0.25) is 4.79 Å². The zero-order chi connectivity index (χ0) is 13.0. The summed E-state index contributed by atoms with van der Waals surface area (Å²) in [7, 11) is 0. The lowest BCUT2D eigenvalue weighted by Gasteiger charge is -2.04. The first-order valence-electron chi connectivity index (χ1n) is 5.43. The summed E-state index contributed by atoms with van der Waals surface area (Å²) in [6, 6.07) is 9.25. The molecule has 0 unspecified atom stereocenters. The zero-order valence-corrected chi connectivity index (χ0v) is 11.0. The van der Waals surface area contributed by atoms with Crippen LogP contribution in [0.1, 0.15) is 15.2 Å². The van der Waals surface area contributed by atoms with Crippen LogP contribution in [-0.4, -0.2) is 12.5 Å². The van der Waals surface area contributed by atoms with E-state index in [1.165, 1.54) is 35.6 Å². The van der Waals surface area contributed by atoms with Crippen LogP contribution in [0.5, 0.6) is 0 Å². The Kier molecular flexibility index (Phi) is 4.33. The van der Waals surface area contributed by atoms with Crippen molar-refractivity contribution in [2.45, 2.75) is 6.42 Å². The molecule has 1 heterocycles. The summed E-state index contributed by atoms with van der Waals surface area (Å²) >= 11 is 7.31. The highest BCUT2D eigenvalue weighted by atomic mass is 35.5. The van der Waals surface area contributed by atoms with Gasteiger partial charge in [0.15, 0.2) is 0 Å². The molecule has 1 aromatic heterocycles. The Morgan fingerprint density at radius 1 is 1.22 bits per heavy atom. The molecule has 0 atom stereocenters. The number of benzene rings is 1. The quantitative estimate of drug-likeness (QED) is 0.914. The van der Waals surface area contributed by atoms with Crippen LogP contribution in [0.2, 0.25) is 4.34 Å². The molecular weight excluding hydrogens is 273 g/mol. The highest BCUT2D eigenvalue weighted by Crippen LogP contribution is 2.21. The van der Waals surface area contributed by atoms with Gasteiger partial charge in [-0.25, -0.2) is 4.39 Å². The molecule has 0 spiro atoms. The summed E-state index contributed by atoms with van der Waals surface area (Å²) in [4.78, 5) is 12.8. The Bertz CT molecular complexity index is 538. The fourth-order valence-electron chi connectivity index (χ4n) is 1.49. The Morgan fingerprint density at radius 2 is 1.94 bits per heavy atom. The lowest BCUT2D eigenvalue weighted by atomic mass is 10.2. The van der Waals surface area contributed by atoms with Gasteiger partial charge in [-0.1, -0.05) is 11.6 Å². The molecule has 0 saturated heterocycles. The van der Waals surface area contributed by atoms with Gasteiger partial charge in [-0.05, 0) is 42.8 Å². The minimum atomic E-state index is -0.347. The smallest absolute Gasteiger partial charge is 0.251 e. The van der Waals surface area contributed by atoms with E-state index in [1.807, 2.05) is 12.1 Å². The van der Waals surface area contributed by atoms with Gasteiger partial charge >= 0.3 is 0 Å². The number of hydrogen-bond donors (Lipinski definition) is 1. The monoisotopic (exact) mass is 283 g/mol. The number of nitrogens with one attached hydrogen (secondary N) is 1.